The number of hydrogen-bond acceptors (Lipinski definition) is 2. The van der Waals surface area contributed by atoms with Crippen molar-refractivity contribution >= 4 is 21.5 Å². The van der Waals surface area contributed by atoms with Gasteiger partial charge in [-0.2, -0.15) is 0 Å². The van der Waals surface area contributed by atoms with Gasteiger partial charge in [-0.25, -0.2) is 9.97 Å². The van der Waals surface area contributed by atoms with Gasteiger partial charge in [0, 0.05) is 22.1 Å². The van der Waals surface area contributed by atoms with Crippen molar-refractivity contribution in [3.05, 3.63) is 169 Å². The zero-order valence-corrected chi connectivity index (χ0v) is 26.4. The molecule has 0 saturated carbocycles. The van der Waals surface area contributed by atoms with Crippen LogP contribution < -0.4 is 0 Å². The molecule has 0 spiro atoms. The highest BCUT2D eigenvalue weighted by Gasteiger charge is 2.37. The first-order chi connectivity index (χ1) is 23.0. The van der Waals surface area contributed by atoms with Crippen LogP contribution in [0.25, 0.3) is 77.7 Å². The summed E-state index contributed by atoms with van der Waals surface area (Å²) in [6, 6.07) is 56.5. The molecule has 0 atom stereocenters. The summed E-state index contributed by atoms with van der Waals surface area (Å²) < 4.78 is 0. The van der Waals surface area contributed by atoms with Crippen molar-refractivity contribution in [2.24, 2.45) is 0 Å². The lowest BCUT2D eigenvalue weighted by atomic mass is 9.81. The first-order valence-electron chi connectivity index (χ1n) is 16.2. The van der Waals surface area contributed by atoms with Gasteiger partial charge in [-0.05, 0) is 85.3 Å². The summed E-state index contributed by atoms with van der Waals surface area (Å²) >= 11 is 0. The number of rotatable bonds is 4. The summed E-state index contributed by atoms with van der Waals surface area (Å²) in [5.41, 5.74) is 12.9. The molecule has 1 aromatic heterocycles. The Bertz CT molecular complexity index is 2420. The van der Waals surface area contributed by atoms with Crippen LogP contribution in [0.2, 0.25) is 0 Å². The lowest BCUT2D eigenvalue weighted by molar-refractivity contribution is 0.661. The number of fused-ring (bicyclic) bond motifs is 5. The van der Waals surface area contributed by atoms with Gasteiger partial charge in [0.05, 0.1) is 11.4 Å². The van der Waals surface area contributed by atoms with E-state index in [1.54, 1.807) is 0 Å². The molecule has 47 heavy (non-hydrogen) atoms. The second kappa shape index (κ2) is 10.6. The molecule has 0 saturated heterocycles. The molecule has 7 aromatic carbocycles. The van der Waals surface area contributed by atoms with Gasteiger partial charge in [-0.3, -0.25) is 0 Å². The van der Waals surface area contributed by atoms with Crippen molar-refractivity contribution < 1.29 is 0 Å². The van der Waals surface area contributed by atoms with Crippen LogP contribution in [-0.4, -0.2) is 9.97 Å². The summed E-state index contributed by atoms with van der Waals surface area (Å²) in [7, 11) is 0. The fraction of sp³-hybridized carbons (Fsp3) is 0.0667. The number of benzene rings is 7. The fourth-order valence-corrected chi connectivity index (χ4v) is 7.35. The van der Waals surface area contributed by atoms with E-state index in [4.69, 9.17) is 9.97 Å². The molecule has 1 aliphatic carbocycles. The topological polar surface area (TPSA) is 25.8 Å². The molecule has 0 unspecified atom stereocenters. The predicted octanol–water partition coefficient (Wildman–Crippen LogP) is 11.8. The summed E-state index contributed by atoms with van der Waals surface area (Å²) in [4.78, 5) is 10.0. The van der Waals surface area contributed by atoms with Crippen molar-refractivity contribution in [2.75, 3.05) is 0 Å². The Labute approximate surface area is 275 Å². The molecular weight excluding hydrogens is 569 g/mol. The Morgan fingerprint density at radius 3 is 1.68 bits per heavy atom. The summed E-state index contributed by atoms with van der Waals surface area (Å²) in [6.45, 7) is 4.72. The van der Waals surface area contributed by atoms with E-state index < -0.39 is 0 Å². The van der Waals surface area contributed by atoms with E-state index in [9.17, 15) is 0 Å². The van der Waals surface area contributed by atoms with Gasteiger partial charge in [0.25, 0.3) is 0 Å². The lowest BCUT2D eigenvalue weighted by Gasteiger charge is -2.22. The largest absolute Gasteiger partial charge is 0.228 e. The maximum absolute atomic E-state index is 5.06. The van der Waals surface area contributed by atoms with Crippen molar-refractivity contribution in [3.8, 4) is 56.2 Å². The Morgan fingerprint density at radius 1 is 0.383 bits per heavy atom. The molecule has 0 aliphatic heterocycles. The minimum atomic E-state index is -0.0643. The van der Waals surface area contributed by atoms with Gasteiger partial charge in [0.1, 0.15) is 0 Å². The van der Waals surface area contributed by atoms with Crippen molar-refractivity contribution in [3.63, 3.8) is 0 Å². The molecule has 2 heteroatoms. The predicted molar refractivity (Wildman–Crippen MR) is 196 cm³/mol. The van der Waals surface area contributed by atoms with Gasteiger partial charge in [0.15, 0.2) is 5.82 Å². The molecule has 0 radical (unpaired) electrons. The summed E-state index contributed by atoms with van der Waals surface area (Å²) in [5.74, 6) is 0.728. The van der Waals surface area contributed by atoms with Crippen LogP contribution in [0.15, 0.2) is 158 Å². The maximum atomic E-state index is 5.06. The Kier molecular flexibility index (Phi) is 6.20. The Balaban J connectivity index is 1.15. The monoisotopic (exact) mass is 600 g/mol. The molecule has 8 aromatic rings. The molecule has 2 nitrogen and oxygen atoms in total. The van der Waals surface area contributed by atoms with Crippen LogP contribution >= 0.6 is 0 Å². The summed E-state index contributed by atoms with van der Waals surface area (Å²) in [6.07, 6.45) is 0. The van der Waals surface area contributed by atoms with E-state index in [0.717, 1.165) is 33.9 Å². The minimum Gasteiger partial charge on any atom is -0.228 e. The van der Waals surface area contributed by atoms with E-state index >= 15 is 0 Å². The number of aromatic nitrogens is 2. The van der Waals surface area contributed by atoms with E-state index in [2.05, 4.69) is 147 Å². The average Bonchev–Trinajstić information content (AvgIpc) is 3.36. The molecule has 1 heterocycles. The normalized spacial score (nSPS) is 13.1. The highest BCUT2D eigenvalue weighted by molar-refractivity contribution is 6.00. The third-order valence-corrected chi connectivity index (χ3v) is 9.84. The van der Waals surface area contributed by atoms with E-state index in [-0.39, 0.29) is 5.41 Å². The molecule has 0 fully saturated rings. The number of nitrogens with zero attached hydrogens (tertiary/aromatic N) is 2. The van der Waals surface area contributed by atoms with Crippen LogP contribution in [-0.2, 0) is 5.41 Å². The van der Waals surface area contributed by atoms with Crippen LogP contribution in [0.3, 0.4) is 0 Å². The van der Waals surface area contributed by atoms with Crippen molar-refractivity contribution in [2.45, 2.75) is 19.3 Å². The first kappa shape index (κ1) is 27.5. The molecule has 222 valence electrons. The second-order valence-corrected chi connectivity index (χ2v) is 13.1. The zero-order chi connectivity index (χ0) is 31.5. The van der Waals surface area contributed by atoms with Crippen molar-refractivity contribution in [1.82, 2.24) is 9.97 Å². The summed E-state index contributed by atoms with van der Waals surface area (Å²) in [5, 5.41) is 4.98. The third kappa shape index (κ3) is 4.56. The van der Waals surface area contributed by atoms with E-state index in [0.29, 0.717) is 0 Å². The highest BCUT2D eigenvalue weighted by Crippen LogP contribution is 2.53. The lowest BCUT2D eigenvalue weighted by Crippen LogP contribution is -2.14. The quantitative estimate of drug-likeness (QED) is 0.201. The Morgan fingerprint density at radius 2 is 0.957 bits per heavy atom. The van der Waals surface area contributed by atoms with Gasteiger partial charge in [-0.15, -0.1) is 0 Å². The van der Waals surface area contributed by atoms with Crippen LogP contribution in [0, 0.1) is 0 Å². The van der Waals surface area contributed by atoms with E-state index in [1.165, 1.54) is 54.9 Å². The average molecular weight is 601 g/mol. The molecule has 0 N–H and O–H groups in total. The molecule has 0 amide bonds. The highest BCUT2D eigenvalue weighted by atomic mass is 14.9. The molecular formula is C45H32N2. The van der Waals surface area contributed by atoms with E-state index in [1.807, 2.05) is 24.3 Å². The number of hydrogen-bond donors (Lipinski definition) is 0. The zero-order valence-electron chi connectivity index (χ0n) is 26.4. The Hall–Kier alpha value is -5.86. The van der Waals surface area contributed by atoms with Gasteiger partial charge >= 0.3 is 0 Å². The first-order valence-corrected chi connectivity index (χ1v) is 16.2. The molecule has 0 bridgehead atoms. The maximum Gasteiger partial charge on any atom is 0.160 e. The van der Waals surface area contributed by atoms with Gasteiger partial charge in [0.2, 0.25) is 0 Å². The minimum absolute atomic E-state index is 0.0643. The van der Waals surface area contributed by atoms with Crippen LogP contribution in [0.4, 0.5) is 0 Å². The van der Waals surface area contributed by atoms with Crippen molar-refractivity contribution in [1.29, 1.82) is 0 Å². The second-order valence-electron chi connectivity index (χ2n) is 13.1. The van der Waals surface area contributed by atoms with Crippen LogP contribution in [0.5, 0.6) is 0 Å². The third-order valence-electron chi connectivity index (χ3n) is 9.84. The van der Waals surface area contributed by atoms with Gasteiger partial charge in [-0.1, -0.05) is 141 Å². The standard InChI is InChI=1S/C45H32N2/c1-45(2)39-19-11-18-37(43(39)38-26-31-16-9-10-17-32(31)27-40(38)45)35-22-20-34-25-36(23-21-33(34)24-35)42-28-41(29-12-5-3-6-13-29)46-44(47-42)30-14-7-4-8-15-30/h3-28H,1-2H3. The molecule has 9 rings (SSSR count). The molecule has 1 aliphatic rings. The SMILES string of the molecule is CC1(C)c2cc3ccccc3cc2-c2c(-c3ccc4cc(-c5cc(-c6ccccc6)nc(-c6ccccc6)n5)ccc4c3)cccc21. The van der Waals surface area contributed by atoms with Crippen LogP contribution in [0.1, 0.15) is 25.0 Å². The smallest absolute Gasteiger partial charge is 0.160 e. The fourth-order valence-electron chi connectivity index (χ4n) is 7.35. The van der Waals surface area contributed by atoms with Gasteiger partial charge < -0.3 is 0 Å².